The molecule has 2 aromatic heterocycles. The Bertz CT molecular complexity index is 1270. The van der Waals surface area contributed by atoms with Gasteiger partial charge in [-0.1, -0.05) is 169 Å². The van der Waals surface area contributed by atoms with Crippen LogP contribution in [0.15, 0.2) is 42.7 Å². The first-order chi connectivity index (χ1) is 22.6. The van der Waals surface area contributed by atoms with E-state index in [1.165, 1.54) is 89.9 Å². The van der Waals surface area contributed by atoms with Crippen molar-refractivity contribution in [2.24, 2.45) is 0 Å². The molecule has 0 amide bonds. The van der Waals surface area contributed by atoms with Gasteiger partial charge in [-0.05, 0) is 12.8 Å². The maximum atomic E-state index is 14.8. The van der Waals surface area contributed by atoms with Gasteiger partial charge < -0.3 is 0 Å². The van der Waals surface area contributed by atoms with Crippen LogP contribution in [0.5, 0.6) is 0 Å². The molecule has 3 rings (SSSR count). The van der Waals surface area contributed by atoms with E-state index in [4.69, 9.17) is 0 Å². The summed E-state index contributed by atoms with van der Waals surface area (Å²) in [6, 6.07) is 10.8. The molecule has 2 nitrogen and oxygen atoms in total. The van der Waals surface area contributed by atoms with Crippen LogP contribution in [0.3, 0.4) is 0 Å². The number of rotatable bonds is 18. The van der Waals surface area contributed by atoms with Crippen molar-refractivity contribution >= 4 is 9.42 Å². The molecule has 0 saturated heterocycles. The Morgan fingerprint density at radius 1 is 0.587 bits per heavy atom. The summed E-state index contributed by atoms with van der Waals surface area (Å²) in [5.41, 5.74) is 2.52. The zero-order valence-corrected chi connectivity index (χ0v) is 30.6. The van der Waals surface area contributed by atoms with Crippen molar-refractivity contribution < 1.29 is 27.6 Å². The van der Waals surface area contributed by atoms with Crippen LogP contribution >= 0.6 is 9.42 Å². The van der Waals surface area contributed by atoms with Gasteiger partial charge in [-0.15, -0.1) is 6.07 Å². The Labute approximate surface area is 292 Å². The van der Waals surface area contributed by atoms with E-state index in [2.05, 4.69) is 63.0 Å². The van der Waals surface area contributed by atoms with Crippen LogP contribution in [0, 0.1) is 41.4 Å². The van der Waals surface area contributed by atoms with Crippen LogP contribution in [-0.2, 0) is 18.8 Å². The molecule has 0 aliphatic heterocycles. The number of unbranched alkanes of at least 4 members (excludes halogenated alkanes) is 16. The second-order valence-electron chi connectivity index (χ2n) is 11.6. The summed E-state index contributed by atoms with van der Waals surface area (Å²) in [7, 11) is 4.61. The minimum atomic E-state index is -0.712. The van der Waals surface area contributed by atoms with E-state index >= 15 is 0 Å². The zero-order chi connectivity index (χ0) is 33.2. The molecule has 0 aliphatic carbocycles. The molecule has 3 aromatic rings. The van der Waals surface area contributed by atoms with Gasteiger partial charge in [-0.3, -0.25) is 18.7 Å². The molecule has 0 N–H and O–H groups in total. The third-order valence-corrected chi connectivity index (χ3v) is 7.80. The average molecular weight is 826 g/mol. The molecule has 6 heteroatoms. The van der Waals surface area contributed by atoms with Crippen molar-refractivity contribution in [1.82, 2.24) is 9.97 Å². The summed E-state index contributed by atoms with van der Waals surface area (Å²) < 4.78 is 29.6. The molecule has 0 saturated carbocycles. The summed E-state index contributed by atoms with van der Waals surface area (Å²) in [5.74, 6) is 11.3. The third-order valence-electron chi connectivity index (χ3n) is 7.80. The molecule has 0 radical (unpaired) electrons. The maximum absolute atomic E-state index is 14.8. The predicted molar refractivity (Wildman–Crippen MR) is 186 cm³/mol. The quantitative estimate of drug-likeness (QED) is 0.0725. The molecule has 0 atom stereocenters. The predicted octanol–water partition coefficient (Wildman–Crippen LogP) is 12.3. The van der Waals surface area contributed by atoms with Crippen molar-refractivity contribution in [2.45, 2.75) is 129 Å². The Morgan fingerprint density at radius 3 is 1.30 bits per heavy atom. The van der Waals surface area contributed by atoms with Crippen LogP contribution in [0.4, 0.5) is 8.78 Å². The van der Waals surface area contributed by atoms with E-state index in [1.54, 1.807) is 43.3 Å². The molecule has 1 aromatic carbocycles. The van der Waals surface area contributed by atoms with Gasteiger partial charge in [-0.25, -0.2) is 0 Å². The number of aromatic nitrogens is 2. The monoisotopic (exact) mass is 825 g/mol. The Kier molecular flexibility index (Phi) is 22.0. The molecule has 250 valence electrons. The fourth-order valence-electron chi connectivity index (χ4n) is 5.13. The first-order valence-corrected chi connectivity index (χ1v) is 19.9. The van der Waals surface area contributed by atoms with Gasteiger partial charge in [0.25, 0.3) is 0 Å². The van der Waals surface area contributed by atoms with E-state index in [-0.39, 0.29) is 11.1 Å². The molecule has 0 bridgehead atoms. The fourth-order valence-corrected chi connectivity index (χ4v) is 5.13. The minimum absolute atomic E-state index is 0.107. The van der Waals surface area contributed by atoms with E-state index in [9.17, 15) is 8.78 Å². The number of nitrogens with zero attached hydrogens (tertiary/aromatic N) is 2. The van der Waals surface area contributed by atoms with Gasteiger partial charge >= 0.3 is 28.2 Å². The number of halogens is 3. The molecular weight excluding hydrogens is 777 g/mol. The normalized spacial score (nSPS) is 10.3. The molecule has 0 aliphatic rings. The second-order valence-corrected chi connectivity index (χ2v) is 11.6. The van der Waals surface area contributed by atoms with E-state index < -0.39 is 11.6 Å². The molecular formula is C40H49ClF2N2Pt. The average Bonchev–Trinajstić information content (AvgIpc) is 3.08. The first kappa shape index (κ1) is 39.7. The van der Waals surface area contributed by atoms with Gasteiger partial charge in [-0.2, -0.15) is 0 Å². The topological polar surface area (TPSA) is 25.8 Å². The Balaban J connectivity index is 0.00000361. The van der Waals surface area contributed by atoms with Crippen molar-refractivity contribution in [3.63, 3.8) is 0 Å². The first-order valence-electron chi connectivity index (χ1n) is 17.1. The van der Waals surface area contributed by atoms with Crippen LogP contribution < -0.4 is 0 Å². The van der Waals surface area contributed by atoms with E-state index in [1.807, 2.05) is 12.1 Å². The summed E-state index contributed by atoms with van der Waals surface area (Å²) in [6.45, 7) is 4.48. The summed E-state index contributed by atoms with van der Waals surface area (Å²) >= 11 is 1.61. The van der Waals surface area contributed by atoms with Crippen molar-refractivity contribution in [3.8, 4) is 46.2 Å². The molecule has 0 spiro atoms. The molecule has 0 unspecified atom stereocenters. The number of pyridine rings is 2. The van der Waals surface area contributed by atoms with E-state index in [0.717, 1.165) is 42.9 Å². The van der Waals surface area contributed by atoms with Crippen LogP contribution in [-0.4, -0.2) is 9.97 Å². The van der Waals surface area contributed by atoms with Crippen LogP contribution in [0.25, 0.3) is 22.5 Å². The summed E-state index contributed by atoms with van der Waals surface area (Å²) in [5, 5.41) is 0. The third kappa shape index (κ3) is 15.9. The van der Waals surface area contributed by atoms with Crippen LogP contribution in [0.2, 0.25) is 0 Å². The van der Waals surface area contributed by atoms with Gasteiger partial charge in [0.1, 0.15) is 0 Å². The Morgan fingerprint density at radius 2 is 0.957 bits per heavy atom. The van der Waals surface area contributed by atoms with Gasteiger partial charge in [0.15, 0.2) is 0 Å². The van der Waals surface area contributed by atoms with Gasteiger partial charge in [0, 0.05) is 47.8 Å². The zero-order valence-electron chi connectivity index (χ0n) is 27.6. The number of benzene rings is 1. The number of hydrogen-bond acceptors (Lipinski definition) is 2. The molecule has 46 heavy (non-hydrogen) atoms. The van der Waals surface area contributed by atoms with Gasteiger partial charge in [0.05, 0.1) is 11.6 Å². The fraction of sp³-hybridized carbons (Fsp3) is 0.500. The van der Waals surface area contributed by atoms with Gasteiger partial charge in [0.2, 0.25) is 0 Å². The number of hydrogen-bond donors (Lipinski definition) is 0. The van der Waals surface area contributed by atoms with Crippen LogP contribution in [0.1, 0.15) is 141 Å². The summed E-state index contributed by atoms with van der Waals surface area (Å²) in [6.07, 6.45) is 25.4. The van der Waals surface area contributed by atoms with Crippen molar-refractivity contribution in [2.75, 3.05) is 0 Å². The summed E-state index contributed by atoms with van der Waals surface area (Å²) in [4.78, 5) is 8.79. The Hall–Kier alpha value is -2.52. The van der Waals surface area contributed by atoms with Crippen molar-refractivity contribution in [3.05, 3.63) is 71.6 Å². The second kappa shape index (κ2) is 25.6. The van der Waals surface area contributed by atoms with E-state index in [0.29, 0.717) is 11.4 Å². The SMILES string of the molecule is CCCCCCCCCCC#Cc1ccc(-c2[c-]c(-c3ccc(C#CCCCCCCCCCC)cn3)c(F)cc2F)nc1.[Cl][Pt+]. The molecule has 0 fully saturated rings. The van der Waals surface area contributed by atoms with Crippen molar-refractivity contribution in [1.29, 1.82) is 0 Å². The molecule has 2 heterocycles. The standard InChI is InChI=1S/C40H49F2N2.ClH.Pt/c1-3-5-7-9-11-13-15-17-19-21-23-33-25-27-39(43-31-33)35-29-36(38(42)30-37(35)41)40-28-26-34(32-44-40)24-22-20-18-16-14-12-10-8-6-4-2;;/h25-28,30-32H,3-20H2,1-2H3;1H;/q-1;;+2/p-1.